The number of aliphatic hydroxyl groups is 1. The van der Waals surface area contributed by atoms with E-state index in [1.54, 1.807) is 42.3 Å². The molecular formula is C22H20N8O2. The minimum Gasteiger partial charge on any atom is -0.379 e. The molecule has 0 aliphatic heterocycles. The summed E-state index contributed by atoms with van der Waals surface area (Å²) in [6.07, 6.45) is 8.72. The summed E-state index contributed by atoms with van der Waals surface area (Å²) in [6.45, 7) is 1.59. The van der Waals surface area contributed by atoms with Gasteiger partial charge in [-0.25, -0.2) is 15.0 Å². The fourth-order valence-electron chi connectivity index (χ4n) is 3.66. The zero-order valence-corrected chi connectivity index (χ0v) is 17.4. The Morgan fingerprint density at radius 3 is 2.66 bits per heavy atom. The maximum absolute atomic E-state index is 11.4. The second-order valence-corrected chi connectivity index (χ2v) is 7.74. The smallest absolute Gasteiger partial charge is 0.247 e. The summed E-state index contributed by atoms with van der Waals surface area (Å²) in [4.78, 5) is 30.3. The number of nitrogen functional groups attached to an aromatic ring is 1. The molecule has 32 heavy (non-hydrogen) atoms. The molecule has 0 bridgehead atoms. The van der Waals surface area contributed by atoms with E-state index < -0.39 is 5.60 Å². The highest BCUT2D eigenvalue weighted by molar-refractivity contribution is 5.95. The zero-order valence-electron chi connectivity index (χ0n) is 17.4. The molecule has 0 saturated carbocycles. The van der Waals surface area contributed by atoms with Crippen molar-refractivity contribution in [2.45, 2.75) is 12.5 Å². The molecule has 0 amide bonds. The Morgan fingerprint density at radius 1 is 1.09 bits per heavy atom. The van der Waals surface area contributed by atoms with Crippen LogP contribution in [0.3, 0.4) is 0 Å². The predicted molar refractivity (Wildman–Crippen MR) is 119 cm³/mol. The van der Waals surface area contributed by atoms with Gasteiger partial charge < -0.3 is 20.8 Å². The molecule has 5 rings (SSSR count). The van der Waals surface area contributed by atoms with Gasteiger partial charge in [0.05, 0.1) is 17.6 Å². The normalized spacial score (nSPS) is 13.3. The lowest BCUT2D eigenvalue weighted by atomic mass is 9.92. The number of fused-ring (bicyclic) bond motifs is 1. The van der Waals surface area contributed by atoms with Crippen LogP contribution < -0.4 is 11.3 Å². The number of aromatic amines is 2. The second-order valence-electron chi connectivity index (χ2n) is 7.74. The highest BCUT2D eigenvalue weighted by Crippen LogP contribution is 2.33. The van der Waals surface area contributed by atoms with Gasteiger partial charge in [-0.05, 0) is 25.1 Å². The van der Waals surface area contributed by atoms with E-state index in [0.717, 1.165) is 22.1 Å². The van der Waals surface area contributed by atoms with Crippen LogP contribution in [0.1, 0.15) is 18.2 Å². The van der Waals surface area contributed by atoms with E-state index in [1.165, 1.54) is 12.3 Å². The van der Waals surface area contributed by atoms with Crippen LogP contribution in [0.25, 0.3) is 33.4 Å². The first-order valence-electron chi connectivity index (χ1n) is 9.84. The molecule has 5 aromatic rings. The Bertz CT molecular complexity index is 1490. The number of nitrogens with one attached hydrogen (secondary N) is 2. The standard InChI is InChI=1S/C22H20N8O2/c1-22(32,14-3-4-19(31)24-9-14)18-6-17(28-21(23)29-18)16-10-26-20-15(16)5-12(7-25-20)13-8-27-30(2)11-13/h3-11,32H,1-2H3,(H,24,31)(H,25,26)(H2,23,28,29). The van der Waals surface area contributed by atoms with Crippen LogP contribution in [0.2, 0.25) is 0 Å². The number of nitrogens with zero attached hydrogens (tertiary/aromatic N) is 5. The maximum Gasteiger partial charge on any atom is 0.247 e. The van der Waals surface area contributed by atoms with Crippen molar-refractivity contribution in [2.75, 3.05) is 5.73 Å². The van der Waals surface area contributed by atoms with Crippen LogP contribution in [0.5, 0.6) is 0 Å². The van der Waals surface area contributed by atoms with E-state index in [-0.39, 0.29) is 11.5 Å². The number of nitrogens with two attached hydrogens (primary N) is 1. The lowest BCUT2D eigenvalue weighted by Crippen LogP contribution is -2.26. The number of hydrogen-bond donors (Lipinski definition) is 4. The van der Waals surface area contributed by atoms with Crippen molar-refractivity contribution in [3.05, 3.63) is 76.9 Å². The number of rotatable bonds is 4. The molecule has 10 nitrogen and oxygen atoms in total. The number of hydrogen-bond acceptors (Lipinski definition) is 7. The SMILES string of the molecule is Cn1cc(-c2cnc3[nH]cc(-c4cc(C(C)(O)c5ccc(=O)[nH]c5)nc(N)n4)c3c2)cn1. The van der Waals surface area contributed by atoms with Crippen LogP contribution in [0, 0.1) is 0 Å². The summed E-state index contributed by atoms with van der Waals surface area (Å²) in [5, 5.41) is 16.3. The summed E-state index contributed by atoms with van der Waals surface area (Å²) in [5.41, 5.74) is 8.87. The van der Waals surface area contributed by atoms with Gasteiger partial charge in [-0.2, -0.15) is 5.10 Å². The van der Waals surface area contributed by atoms with Crippen LogP contribution in [-0.4, -0.2) is 39.8 Å². The Hall–Kier alpha value is -4.31. The number of aromatic nitrogens is 7. The van der Waals surface area contributed by atoms with Crippen molar-refractivity contribution >= 4 is 17.0 Å². The molecule has 5 heterocycles. The summed E-state index contributed by atoms with van der Waals surface area (Å²) < 4.78 is 1.73. The first-order valence-corrected chi connectivity index (χ1v) is 9.84. The lowest BCUT2D eigenvalue weighted by molar-refractivity contribution is 0.0970. The Kier molecular flexibility index (Phi) is 4.38. The average Bonchev–Trinajstić information content (AvgIpc) is 3.39. The Morgan fingerprint density at radius 2 is 1.94 bits per heavy atom. The first-order chi connectivity index (χ1) is 15.3. The highest BCUT2D eigenvalue weighted by atomic mass is 16.3. The molecule has 5 aromatic heterocycles. The topological polar surface area (TPSA) is 151 Å². The van der Waals surface area contributed by atoms with E-state index in [4.69, 9.17) is 5.73 Å². The van der Waals surface area contributed by atoms with Gasteiger partial charge in [-0.3, -0.25) is 9.48 Å². The minimum atomic E-state index is -1.50. The Balaban J connectivity index is 1.63. The number of pyridine rings is 2. The predicted octanol–water partition coefficient (Wildman–Crippen LogP) is 1.95. The largest absolute Gasteiger partial charge is 0.379 e. The third-order valence-corrected chi connectivity index (χ3v) is 5.43. The molecule has 0 radical (unpaired) electrons. The molecule has 0 fully saturated rings. The number of H-pyrrole nitrogens is 2. The van der Waals surface area contributed by atoms with Crippen molar-refractivity contribution in [1.82, 2.24) is 34.7 Å². The summed E-state index contributed by atoms with van der Waals surface area (Å²) in [6, 6.07) is 6.58. The molecular weight excluding hydrogens is 408 g/mol. The molecule has 0 spiro atoms. The van der Waals surface area contributed by atoms with E-state index in [2.05, 4.69) is 30.0 Å². The number of aryl methyl sites for hydroxylation is 1. The van der Waals surface area contributed by atoms with Gasteiger partial charge in [0.2, 0.25) is 11.5 Å². The highest BCUT2D eigenvalue weighted by Gasteiger charge is 2.29. The van der Waals surface area contributed by atoms with Gasteiger partial charge in [0, 0.05) is 65.5 Å². The van der Waals surface area contributed by atoms with Crippen LogP contribution in [-0.2, 0) is 12.6 Å². The van der Waals surface area contributed by atoms with E-state index in [9.17, 15) is 9.90 Å². The van der Waals surface area contributed by atoms with Gasteiger partial charge >= 0.3 is 0 Å². The van der Waals surface area contributed by atoms with Crippen molar-refractivity contribution in [3.8, 4) is 22.4 Å². The second kappa shape index (κ2) is 7.13. The molecule has 1 unspecified atom stereocenters. The van der Waals surface area contributed by atoms with Crippen molar-refractivity contribution < 1.29 is 5.11 Å². The average molecular weight is 428 g/mol. The molecule has 0 aromatic carbocycles. The summed E-state index contributed by atoms with van der Waals surface area (Å²) >= 11 is 0. The van der Waals surface area contributed by atoms with E-state index >= 15 is 0 Å². The van der Waals surface area contributed by atoms with E-state index in [1.807, 2.05) is 19.3 Å². The monoisotopic (exact) mass is 428 g/mol. The third kappa shape index (κ3) is 3.32. The quantitative estimate of drug-likeness (QED) is 0.341. The lowest BCUT2D eigenvalue weighted by Gasteiger charge is -2.23. The first kappa shape index (κ1) is 19.6. The maximum atomic E-state index is 11.4. The van der Waals surface area contributed by atoms with Gasteiger partial charge in [0.1, 0.15) is 11.2 Å². The molecule has 160 valence electrons. The fourth-order valence-corrected chi connectivity index (χ4v) is 3.66. The summed E-state index contributed by atoms with van der Waals surface area (Å²) in [5.74, 6) is 0.0212. The number of anilines is 1. The van der Waals surface area contributed by atoms with Crippen LogP contribution in [0.15, 0.2) is 60.0 Å². The zero-order chi connectivity index (χ0) is 22.5. The minimum absolute atomic E-state index is 0.0212. The van der Waals surface area contributed by atoms with Crippen molar-refractivity contribution in [3.63, 3.8) is 0 Å². The van der Waals surface area contributed by atoms with Crippen molar-refractivity contribution in [1.29, 1.82) is 0 Å². The molecule has 5 N–H and O–H groups in total. The van der Waals surface area contributed by atoms with Crippen LogP contribution >= 0.6 is 0 Å². The Labute approximate surface area is 181 Å². The van der Waals surface area contributed by atoms with Gasteiger partial charge in [0.25, 0.3) is 0 Å². The molecule has 0 aliphatic rings. The van der Waals surface area contributed by atoms with E-state index in [0.29, 0.717) is 22.6 Å². The van der Waals surface area contributed by atoms with Crippen molar-refractivity contribution in [2.24, 2.45) is 7.05 Å². The van der Waals surface area contributed by atoms with Gasteiger partial charge in [-0.1, -0.05) is 0 Å². The fraction of sp³-hybridized carbons (Fsp3) is 0.136. The third-order valence-electron chi connectivity index (χ3n) is 5.43. The van der Waals surface area contributed by atoms with Gasteiger partial charge in [0.15, 0.2) is 0 Å². The summed E-state index contributed by atoms with van der Waals surface area (Å²) in [7, 11) is 1.86. The molecule has 0 saturated heterocycles. The molecule has 0 aliphatic carbocycles. The molecule has 10 heteroatoms. The molecule has 1 atom stereocenters. The van der Waals surface area contributed by atoms with Crippen LogP contribution in [0.4, 0.5) is 5.95 Å². The van der Waals surface area contributed by atoms with Gasteiger partial charge in [-0.15, -0.1) is 0 Å².